The van der Waals surface area contributed by atoms with Crippen LogP contribution in [-0.4, -0.2) is 30.6 Å². The zero-order valence-electron chi connectivity index (χ0n) is 13.3. The first-order valence-corrected chi connectivity index (χ1v) is 8.17. The number of ether oxygens (including phenoxy) is 1. The lowest BCUT2D eigenvalue weighted by molar-refractivity contribution is -0.148. The molecule has 1 aromatic carbocycles. The molecule has 0 spiro atoms. The van der Waals surface area contributed by atoms with Gasteiger partial charge < -0.3 is 4.74 Å². The minimum absolute atomic E-state index is 0.00540. The molecule has 0 aromatic heterocycles. The summed E-state index contributed by atoms with van der Waals surface area (Å²) in [5.41, 5.74) is 1.32. The Morgan fingerprint density at radius 2 is 2.00 bits per heavy atom. The van der Waals surface area contributed by atoms with Gasteiger partial charge in [-0.15, -0.1) is 0 Å². The van der Waals surface area contributed by atoms with Gasteiger partial charge in [-0.1, -0.05) is 50.1 Å². The van der Waals surface area contributed by atoms with Crippen molar-refractivity contribution < 1.29 is 9.53 Å². The van der Waals surface area contributed by atoms with E-state index in [1.165, 1.54) is 18.4 Å². The molecule has 0 N–H and O–H groups in total. The van der Waals surface area contributed by atoms with Crippen molar-refractivity contribution in [3.63, 3.8) is 0 Å². The Bertz CT molecular complexity index is 432. The Morgan fingerprint density at radius 3 is 2.67 bits per heavy atom. The van der Waals surface area contributed by atoms with E-state index in [4.69, 9.17) is 4.74 Å². The highest BCUT2D eigenvalue weighted by Crippen LogP contribution is 2.30. The lowest BCUT2D eigenvalue weighted by Gasteiger charge is -2.16. The van der Waals surface area contributed by atoms with Gasteiger partial charge in [-0.3, -0.25) is 9.69 Å². The second kappa shape index (κ2) is 8.18. The number of carbonyl (C=O) groups is 1. The highest BCUT2D eigenvalue weighted by molar-refractivity contribution is 5.73. The molecule has 3 nitrogen and oxygen atoms in total. The van der Waals surface area contributed by atoms with Crippen LogP contribution >= 0.6 is 0 Å². The Hall–Kier alpha value is -1.35. The Morgan fingerprint density at radius 1 is 1.24 bits per heavy atom. The normalized spacial score (nSPS) is 22.4. The van der Waals surface area contributed by atoms with Crippen molar-refractivity contribution in [3.8, 4) is 0 Å². The predicted octanol–water partition coefficient (Wildman–Crippen LogP) is 3.49. The van der Waals surface area contributed by atoms with Gasteiger partial charge in [0, 0.05) is 19.6 Å². The van der Waals surface area contributed by atoms with Crippen LogP contribution in [0.3, 0.4) is 0 Å². The van der Waals surface area contributed by atoms with E-state index in [1.807, 2.05) is 13.0 Å². The summed E-state index contributed by atoms with van der Waals surface area (Å²) in [6.45, 7) is 7.35. The van der Waals surface area contributed by atoms with E-state index >= 15 is 0 Å². The molecule has 0 radical (unpaired) electrons. The molecule has 0 bridgehead atoms. The van der Waals surface area contributed by atoms with Crippen molar-refractivity contribution in [2.24, 2.45) is 11.8 Å². The van der Waals surface area contributed by atoms with E-state index in [1.54, 1.807) is 0 Å². The predicted molar refractivity (Wildman–Crippen MR) is 84.9 cm³/mol. The van der Waals surface area contributed by atoms with Crippen LogP contribution in [-0.2, 0) is 16.1 Å². The van der Waals surface area contributed by atoms with Gasteiger partial charge >= 0.3 is 5.97 Å². The van der Waals surface area contributed by atoms with Crippen molar-refractivity contribution in [1.29, 1.82) is 0 Å². The number of esters is 1. The summed E-state index contributed by atoms with van der Waals surface area (Å²) in [5.74, 6) is 0.502. The molecule has 0 unspecified atom stereocenters. The van der Waals surface area contributed by atoms with Crippen molar-refractivity contribution in [1.82, 2.24) is 4.90 Å². The van der Waals surface area contributed by atoms with Crippen molar-refractivity contribution in [2.45, 2.75) is 39.7 Å². The second-order valence-corrected chi connectivity index (χ2v) is 5.94. The van der Waals surface area contributed by atoms with Gasteiger partial charge in [-0.2, -0.15) is 0 Å². The van der Waals surface area contributed by atoms with Crippen LogP contribution in [0.1, 0.15) is 38.7 Å². The van der Waals surface area contributed by atoms with Crippen LogP contribution in [0.15, 0.2) is 30.3 Å². The van der Waals surface area contributed by atoms with Crippen LogP contribution in [0.2, 0.25) is 0 Å². The van der Waals surface area contributed by atoms with Crippen LogP contribution < -0.4 is 0 Å². The average molecular weight is 289 g/mol. The van der Waals surface area contributed by atoms with Gasteiger partial charge in [0.25, 0.3) is 0 Å². The fourth-order valence-corrected chi connectivity index (χ4v) is 3.21. The monoisotopic (exact) mass is 289 g/mol. The maximum absolute atomic E-state index is 12.2. The smallest absolute Gasteiger partial charge is 0.310 e. The molecule has 0 amide bonds. The lowest BCUT2D eigenvalue weighted by atomic mass is 9.91. The van der Waals surface area contributed by atoms with Crippen LogP contribution in [0.25, 0.3) is 0 Å². The van der Waals surface area contributed by atoms with Gasteiger partial charge in [0.05, 0.1) is 12.5 Å². The van der Waals surface area contributed by atoms with E-state index in [2.05, 4.69) is 36.1 Å². The molecule has 1 aliphatic heterocycles. The standard InChI is InChI=1S/C18H27NO2/c1-3-5-11-16-13-19(12-15-9-7-6-8-10-15)14-17(16)18(20)21-4-2/h6-10,16-17H,3-5,11-14H2,1-2H3/t16-,17-/m1/s1. The number of carbonyl (C=O) groups excluding carboxylic acids is 1. The second-order valence-electron chi connectivity index (χ2n) is 5.94. The molecule has 3 heteroatoms. The lowest BCUT2D eigenvalue weighted by Crippen LogP contribution is -2.25. The number of likely N-dealkylation sites (tertiary alicyclic amines) is 1. The number of rotatable bonds is 7. The number of nitrogens with zero attached hydrogens (tertiary/aromatic N) is 1. The molecule has 0 saturated carbocycles. The molecule has 116 valence electrons. The molecule has 1 aliphatic rings. The van der Waals surface area contributed by atoms with E-state index in [0.29, 0.717) is 12.5 Å². The van der Waals surface area contributed by atoms with Gasteiger partial charge in [-0.05, 0) is 24.8 Å². The summed E-state index contributed by atoms with van der Waals surface area (Å²) in [4.78, 5) is 14.6. The van der Waals surface area contributed by atoms with Gasteiger partial charge in [-0.25, -0.2) is 0 Å². The highest BCUT2D eigenvalue weighted by Gasteiger charge is 2.37. The summed E-state index contributed by atoms with van der Waals surface area (Å²) < 4.78 is 5.27. The summed E-state index contributed by atoms with van der Waals surface area (Å²) >= 11 is 0. The molecule has 0 aliphatic carbocycles. The molecule has 21 heavy (non-hydrogen) atoms. The number of benzene rings is 1. The fraction of sp³-hybridized carbons (Fsp3) is 0.611. The Labute approximate surface area is 128 Å². The molecule has 1 saturated heterocycles. The summed E-state index contributed by atoms with van der Waals surface area (Å²) in [7, 11) is 0. The third-order valence-corrected chi connectivity index (χ3v) is 4.28. The molecule has 2 rings (SSSR count). The highest BCUT2D eigenvalue weighted by atomic mass is 16.5. The van der Waals surface area contributed by atoms with Crippen LogP contribution in [0, 0.1) is 11.8 Å². The molecule has 1 heterocycles. The minimum Gasteiger partial charge on any atom is -0.466 e. The molecular weight excluding hydrogens is 262 g/mol. The summed E-state index contributed by atoms with van der Waals surface area (Å²) in [5, 5.41) is 0. The van der Waals surface area contributed by atoms with E-state index in [9.17, 15) is 4.79 Å². The zero-order valence-corrected chi connectivity index (χ0v) is 13.3. The maximum atomic E-state index is 12.2. The zero-order chi connectivity index (χ0) is 15.1. The van der Waals surface area contributed by atoms with E-state index in [-0.39, 0.29) is 11.9 Å². The van der Waals surface area contributed by atoms with E-state index < -0.39 is 0 Å². The first-order chi connectivity index (χ1) is 10.2. The summed E-state index contributed by atoms with van der Waals surface area (Å²) in [6, 6.07) is 10.5. The first kappa shape index (κ1) is 16.0. The third-order valence-electron chi connectivity index (χ3n) is 4.28. The van der Waals surface area contributed by atoms with Gasteiger partial charge in [0.1, 0.15) is 0 Å². The SMILES string of the molecule is CCCC[C@@H]1CN(Cc2ccccc2)C[C@H]1C(=O)OCC. The van der Waals surface area contributed by atoms with E-state index in [0.717, 1.165) is 26.1 Å². The molecule has 1 fully saturated rings. The van der Waals surface area contributed by atoms with Crippen LogP contribution in [0.4, 0.5) is 0 Å². The fourth-order valence-electron chi connectivity index (χ4n) is 3.21. The van der Waals surface area contributed by atoms with Crippen LogP contribution in [0.5, 0.6) is 0 Å². The van der Waals surface area contributed by atoms with Crippen molar-refractivity contribution in [2.75, 3.05) is 19.7 Å². The van der Waals surface area contributed by atoms with Crippen molar-refractivity contribution in [3.05, 3.63) is 35.9 Å². The third kappa shape index (κ3) is 4.57. The molecule has 2 atom stereocenters. The summed E-state index contributed by atoms with van der Waals surface area (Å²) in [6.07, 6.45) is 3.51. The Balaban J connectivity index is 1.97. The number of unbranched alkanes of at least 4 members (excludes halogenated alkanes) is 1. The molecule has 1 aromatic rings. The number of hydrogen-bond acceptors (Lipinski definition) is 3. The topological polar surface area (TPSA) is 29.5 Å². The van der Waals surface area contributed by atoms with Gasteiger partial charge in [0.15, 0.2) is 0 Å². The minimum atomic E-state index is -0.00540. The van der Waals surface area contributed by atoms with Gasteiger partial charge in [0.2, 0.25) is 0 Å². The first-order valence-electron chi connectivity index (χ1n) is 8.17. The van der Waals surface area contributed by atoms with Crippen molar-refractivity contribution >= 4 is 5.97 Å². The number of hydrogen-bond donors (Lipinski definition) is 0. The molecular formula is C18H27NO2. The quantitative estimate of drug-likeness (QED) is 0.720. The largest absolute Gasteiger partial charge is 0.466 e. The average Bonchev–Trinajstić information content (AvgIpc) is 2.89. The Kier molecular flexibility index (Phi) is 6.24. The maximum Gasteiger partial charge on any atom is 0.310 e.